The van der Waals surface area contributed by atoms with Crippen molar-refractivity contribution in [3.05, 3.63) is 88.9 Å². The molecule has 0 aliphatic carbocycles. The molecule has 0 saturated heterocycles. The molecule has 0 heterocycles. The number of methoxy groups -OCH3 is 1. The Labute approximate surface area is 153 Å². The third kappa shape index (κ3) is 5.16. The van der Waals surface area contributed by atoms with Crippen molar-refractivity contribution < 1.29 is 9.47 Å². The number of hydrogen-bond acceptors (Lipinski definition) is 3. The highest BCUT2D eigenvalue weighted by Gasteiger charge is 2.00. The standard InChI is InChI=1S/C21H20ClNO2/c1-24-20-11-9-19(10-12-20)23-14-17-3-2-4-21(13-17)25-15-16-5-7-18(22)8-6-16/h2-13,23H,14-15H2,1H3. The van der Waals surface area contributed by atoms with E-state index in [1.807, 2.05) is 66.7 Å². The van der Waals surface area contributed by atoms with Gasteiger partial charge in [-0.2, -0.15) is 0 Å². The van der Waals surface area contributed by atoms with Crippen LogP contribution in [0, 0.1) is 0 Å². The van der Waals surface area contributed by atoms with Gasteiger partial charge < -0.3 is 14.8 Å². The van der Waals surface area contributed by atoms with E-state index < -0.39 is 0 Å². The van der Waals surface area contributed by atoms with Gasteiger partial charge in [0.15, 0.2) is 0 Å². The van der Waals surface area contributed by atoms with Crippen molar-refractivity contribution in [1.82, 2.24) is 0 Å². The molecular formula is C21H20ClNO2. The van der Waals surface area contributed by atoms with E-state index in [2.05, 4.69) is 11.4 Å². The first-order chi connectivity index (χ1) is 12.2. The van der Waals surface area contributed by atoms with Gasteiger partial charge in [0.1, 0.15) is 18.1 Å². The Morgan fingerprint density at radius 3 is 2.32 bits per heavy atom. The highest BCUT2D eigenvalue weighted by Crippen LogP contribution is 2.19. The molecule has 1 N–H and O–H groups in total. The fraction of sp³-hybridized carbons (Fsp3) is 0.143. The van der Waals surface area contributed by atoms with Gasteiger partial charge in [-0.1, -0.05) is 35.9 Å². The van der Waals surface area contributed by atoms with Crippen molar-refractivity contribution >= 4 is 17.3 Å². The summed E-state index contributed by atoms with van der Waals surface area (Å²) in [5, 5.41) is 4.13. The van der Waals surface area contributed by atoms with Crippen LogP contribution in [-0.4, -0.2) is 7.11 Å². The van der Waals surface area contributed by atoms with Crippen LogP contribution in [0.3, 0.4) is 0 Å². The Hall–Kier alpha value is -2.65. The molecule has 3 nitrogen and oxygen atoms in total. The van der Waals surface area contributed by atoms with Crippen LogP contribution in [0.15, 0.2) is 72.8 Å². The minimum absolute atomic E-state index is 0.520. The maximum Gasteiger partial charge on any atom is 0.120 e. The number of ether oxygens (including phenoxy) is 2. The van der Waals surface area contributed by atoms with Crippen LogP contribution >= 0.6 is 11.6 Å². The zero-order chi connectivity index (χ0) is 17.5. The van der Waals surface area contributed by atoms with Crippen molar-refractivity contribution in [2.24, 2.45) is 0 Å². The SMILES string of the molecule is COc1ccc(NCc2cccc(OCc3ccc(Cl)cc3)c2)cc1. The summed E-state index contributed by atoms with van der Waals surface area (Å²) in [5.41, 5.74) is 3.30. The number of anilines is 1. The molecule has 25 heavy (non-hydrogen) atoms. The van der Waals surface area contributed by atoms with Crippen LogP contribution in [0.2, 0.25) is 5.02 Å². The molecule has 0 spiro atoms. The Bertz CT molecular complexity index is 801. The summed E-state index contributed by atoms with van der Waals surface area (Å²) < 4.78 is 11.0. The summed E-state index contributed by atoms with van der Waals surface area (Å²) in [6.07, 6.45) is 0. The molecule has 0 amide bonds. The zero-order valence-corrected chi connectivity index (χ0v) is 14.8. The van der Waals surface area contributed by atoms with Gasteiger partial charge in [-0.3, -0.25) is 0 Å². The van der Waals surface area contributed by atoms with E-state index in [1.54, 1.807) is 7.11 Å². The average molecular weight is 354 g/mol. The molecule has 3 rings (SSSR count). The fourth-order valence-electron chi connectivity index (χ4n) is 2.41. The number of rotatable bonds is 7. The molecule has 0 fully saturated rings. The summed E-state index contributed by atoms with van der Waals surface area (Å²) in [6, 6.07) is 23.6. The summed E-state index contributed by atoms with van der Waals surface area (Å²) in [6.45, 7) is 1.25. The van der Waals surface area contributed by atoms with Crippen molar-refractivity contribution in [3.63, 3.8) is 0 Å². The minimum atomic E-state index is 0.520. The van der Waals surface area contributed by atoms with Crippen LogP contribution < -0.4 is 14.8 Å². The predicted molar refractivity (Wildman–Crippen MR) is 103 cm³/mol. The smallest absolute Gasteiger partial charge is 0.120 e. The van der Waals surface area contributed by atoms with Crippen LogP contribution in [0.5, 0.6) is 11.5 Å². The second kappa shape index (κ2) is 8.45. The van der Waals surface area contributed by atoms with Gasteiger partial charge in [-0.15, -0.1) is 0 Å². The summed E-state index contributed by atoms with van der Waals surface area (Å²) >= 11 is 5.90. The maximum atomic E-state index is 5.90. The summed E-state index contributed by atoms with van der Waals surface area (Å²) in [7, 11) is 1.66. The van der Waals surface area contributed by atoms with Crippen LogP contribution in [0.4, 0.5) is 5.69 Å². The highest BCUT2D eigenvalue weighted by molar-refractivity contribution is 6.30. The molecule has 3 aromatic carbocycles. The first-order valence-electron chi connectivity index (χ1n) is 8.07. The fourth-order valence-corrected chi connectivity index (χ4v) is 2.53. The van der Waals surface area contributed by atoms with Gasteiger partial charge in [0, 0.05) is 17.3 Å². The van der Waals surface area contributed by atoms with E-state index in [0.29, 0.717) is 6.61 Å². The quantitative estimate of drug-likeness (QED) is 0.605. The Morgan fingerprint density at radius 1 is 0.840 bits per heavy atom. The van der Waals surface area contributed by atoms with Gasteiger partial charge >= 0.3 is 0 Å². The van der Waals surface area contributed by atoms with E-state index in [1.165, 1.54) is 0 Å². The second-order valence-corrected chi connectivity index (χ2v) is 6.08. The van der Waals surface area contributed by atoms with Gasteiger partial charge in [-0.05, 0) is 59.7 Å². The average Bonchev–Trinajstić information content (AvgIpc) is 2.67. The number of benzene rings is 3. The third-order valence-corrected chi connectivity index (χ3v) is 4.06. The van der Waals surface area contributed by atoms with Crippen LogP contribution in [0.25, 0.3) is 0 Å². The molecule has 4 heteroatoms. The van der Waals surface area contributed by atoms with E-state index >= 15 is 0 Å². The van der Waals surface area contributed by atoms with Crippen molar-refractivity contribution in [2.75, 3.05) is 12.4 Å². The second-order valence-electron chi connectivity index (χ2n) is 5.64. The molecular weight excluding hydrogens is 334 g/mol. The Morgan fingerprint density at radius 2 is 1.60 bits per heavy atom. The normalized spacial score (nSPS) is 10.3. The number of hydrogen-bond donors (Lipinski definition) is 1. The third-order valence-electron chi connectivity index (χ3n) is 3.80. The first kappa shape index (κ1) is 17.2. The van der Waals surface area contributed by atoms with E-state index in [0.717, 1.165) is 39.9 Å². The number of halogens is 1. The molecule has 0 aliphatic rings. The lowest BCUT2D eigenvalue weighted by Crippen LogP contribution is -2.00. The number of nitrogens with one attached hydrogen (secondary N) is 1. The largest absolute Gasteiger partial charge is 0.497 e. The van der Waals surface area contributed by atoms with Crippen molar-refractivity contribution in [2.45, 2.75) is 13.2 Å². The van der Waals surface area contributed by atoms with Crippen molar-refractivity contribution in [3.8, 4) is 11.5 Å². The lowest BCUT2D eigenvalue weighted by molar-refractivity contribution is 0.306. The van der Waals surface area contributed by atoms with Crippen molar-refractivity contribution in [1.29, 1.82) is 0 Å². The molecule has 0 unspecified atom stereocenters. The Balaban J connectivity index is 1.56. The predicted octanol–water partition coefficient (Wildman–Crippen LogP) is 5.54. The lowest BCUT2D eigenvalue weighted by Gasteiger charge is -2.10. The molecule has 128 valence electrons. The van der Waals surface area contributed by atoms with Gasteiger partial charge in [0.2, 0.25) is 0 Å². The van der Waals surface area contributed by atoms with Gasteiger partial charge in [0.05, 0.1) is 7.11 Å². The highest BCUT2D eigenvalue weighted by atomic mass is 35.5. The first-order valence-corrected chi connectivity index (χ1v) is 8.45. The monoisotopic (exact) mass is 353 g/mol. The van der Waals surface area contributed by atoms with E-state index in [-0.39, 0.29) is 0 Å². The van der Waals surface area contributed by atoms with Gasteiger partial charge in [-0.25, -0.2) is 0 Å². The topological polar surface area (TPSA) is 30.5 Å². The molecule has 0 atom stereocenters. The summed E-state index contributed by atoms with van der Waals surface area (Å²) in [5.74, 6) is 1.70. The zero-order valence-electron chi connectivity index (χ0n) is 14.0. The lowest BCUT2D eigenvalue weighted by atomic mass is 10.2. The molecule has 0 saturated carbocycles. The Kier molecular flexibility index (Phi) is 5.81. The van der Waals surface area contributed by atoms with E-state index in [4.69, 9.17) is 21.1 Å². The molecule has 0 aliphatic heterocycles. The summed E-state index contributed by atoms with van der Waals surface area (Å²) in [4.78, 5) is 0. The van der Waals surface area contributed by atoms with E-state index in [9.17, 15) is 0 Å². The molecule has 0 aromatic heterocycles. The maximum absolute atomic E-state index is 5.90. The molecule has 0 radical (unpaired) electrons. The molecule has 3 aromatic rings. The van der Waals surface area contributed by atoms with Crippen LogP contribution in [0.1, 0.15) is 11.1 Å². The van der Waals surface area contributed by atoms with Gasteiger partial charge in [0.25, 0.3) is 0 Å². The molecule has 0 bridgehead atoms. The minimum Gasteiger partial charge on any atom is -0.497 e. The van der Waals surface area contributed by atoms with Crippen LogP contribution in [-0.2, 0) is 13.2 Å².